The van der Waals surface area contributed by atoms with Crippen molar-refractivity contribution in [1.29, 1.82) is 0 Å². The first-order valence-electron chi connectivity index (χ1n) is 9.11. The summed E-state index contributed by atoms with van der Waals surface area (Å²) in [5, 5.41) is 0. The molecule has 2 aliphatic heterocycles. The van der Waals surface area contributed by atoms with Gasteiger partial charge in [0.1, 0.15) is 5.82 Å². The van der Waals surface area contributed by atoms with Gasteiger partial charge in [-0.1, -0.05) is 18.2 Å². The Hall–Kier alpha value is -1.46. The fourth-order valence-electron chi connectivity index (χ4n) is 3.72. The number of carbonyl (C=O) groups is 1. The van der Waals surface area contributed by atoms with E-state index in [-0.39, 0.29) is 11.7 Å². The summed E-state index contributed by atoms with van der Waals surface area (Å²) in [6, 6.07) is 7.36. The molecule has 2 aliphatic rings. The van der Waals surface area contributed by atoms with Crippen LogP contribution in [0.1, 0.15) is 31.7 Å². The SMILES string of the molecule is CC1CCCCN1C(=O)CN1CCN(Cc2ccccc2F)CC1. The van der Waals surface area contributed by atoms with Crippen LogP contribution in [0.4, 0.5) is 4.39 Å². The summed E-state index contributed by atoms with van der Waals surface area (Å²) in [6.07, 6.45) is 3.49. The first-order valence-corrected chi connectivity index (χ1v) is 9.11. The summed E-state index contributed by atoms with van der Waals surface area (Å²) < 4.78 is 13.7. The maximum absolute atomic E-state index is 13.7. The van der Waals surface area contributed by atoms with Gasteiger partial charge < -0.3 is 4.90 Å². The molecule has 0 saturated carbocycles. The standard InChI is InChI=1S/C19H28FN3O/c1-16-6-4-5-9-23(16)19(24)15-22-12-10-21(11-13-22)14-17-7-2-3-8-18(17)20/h2-3,7-8,16H,4-6,9-15H2,1H3. The van der Waals surface area contributed by atoms with Crippen LogP contribution < -0.4 is 0 Å². The molecule has 2 saturated heterocycles. The van der Waals surface area contributed by atoms with E-state index < -0.39 is 0 Å². The summed E-state index contributed by atoms with van der Waals surface area (Å²) in [4.78, 5) is 19.1. The Kier molecular flexibility index (Phi) is 5.85. The van der Waals surface area contributed by atoms with Crippen LogP contribution in [0.5, 0.6) is 0 Å². The number of piperazine rings is 1. The van der Waals surface area contributed by atoms with Crippen LogP contribution >= 0.6 is 0 Å². The summed E-state index contributed by atoms with van der Waals surface area (Å²) in [5.41, 5.74) is 0.754. The third-order valence-electron chi connectivity index (χ3n) is 5.30. The van der Waals surface area contributed by atoms with Crippen molar-refractivity contribution in [3.63, 3.8) is 0 Å². The molecule has 1 unspecified atom stereocenters. The maximum Gasteiger partial charge on any atom is 0.236 e. The number of piperidine rings is 1. The highest BCUT2D eigenvalue weighted by atomic mass is 19.1. The molecule has 24 heavy (non-hydrogen) atoms. The second-order valence-corrected chi connectivity index (χ2v) is 7.08. The number of halogens is 1. The van der Waals surface area contributed by atoms with Crippen LogP contribution in [0.15, 0.2) is 24.3 Å². The van der Waals surface area contributed by atoms with Crippen molar-refractivity contribution in [3.05, 3.63) is 35.6 Å². The monoisotopic (exact) mass is 333 g/mol. The second-order valence-electron chi connectivity index (χ2n) is 7.08. The number of rotatable bonds is 4. The van der Waals surface area contributed by atoms with Crippen molar-refractivity contribution in [2.45, 2.75) is 38.8 Å². The number of likely N-dealkylation sites (tertiary alicyclic amines) is 1. The van der Waals surface area contributed by atoms with Gasteiger partial charge in [0.05, 0.1) is 6.54 Å². The number of carbonyl (C=O) groups excluding carboxylic acids is 1. The van der Waals surface area contributed by atoms with E-state index in [0.29, 0.717) is 19.1 Å². The fourth-order valence-corrected chi connectivity index (χ4v) is 3.72. The van der Waals surface area contributed by atoms with Gasteiger partial charge in [-0.25, -0.2) is 4.39 Å². The van der Waals surface area contributed by atoms with E-state index in [1.807, 2.05) is 12.1 Å². The molecule has 1 atom stereocenters. The van der Waals surface area contributed by atoms with Gasteiger partial charge in [-0.15, -0.1) is 0 Å². The summed E-state index contributed by atoms with van der Waals surface area (Å²) in [7, 11) is 0. The highest BCUT2D eigenvalue weighted by Gasteiger charge is 2.26. The van der Waals surface area contributed by atoms with Crippen molar-refractivity contribution < 1.29 is 9.18 Å². The van der Waals surface area contributed by atoms with Gasteiger partial charge in [0.25, 0.3) is 0 Å². The first-order chi connectivity index (χ1) is 11.6. The Morgan fingerprint density at radius 3 is 2.50 bits per heavy atom. The van der Waals surface area contributed by atoms with Crippen molar-refractivity contribution in [3.8, 4) is 0 Å². The molecule has 0 spiro atoms. The predicted octanol–water partition coefficient (Wildman–Crippen LogP) is 2.34. The summed E-state index contributed by atoms with van der Waals surface area (Å²) in [5.74, 6) is 0.138. The van der Waals surface area contributed by atoms with Gasteiger partial charge in [0.15, 0.2) is 0 Å². The predicted molar refractivity (Wildman–Crippen MR) is 93.1 cm³/mol. The zero-order valence-electron chi connectivity index (χ0n) is 14.6. The van der Waals surface area contributed by atoms with Gasteiger partial charge in [-0.3, -0.25) is 14.6 Å². The molecule has 0 bridgehead atoms. The average Bonchev–Trinajstić information content (AvgIpc) is 2.59. The lowest BCUT2D eigenvalue weighted by Gasteiger charge is -2.38. The lowest BCUT2D eigenvalue weighted by Crippen LogP contribution is -2.51. The molecule has 0 radical (unpaired) electrons. The maximum atomic E-state index is 13.7. The zero-order valence-corrected chi connectivity index (χ0v) is 14.6. The van der Waals surface area contributed by atoms with E-state index in [2.05, 4.69) is 21.6 Å². The number of nitrogens with zero attached hydrogens (tertiary/aromatic N) is 3. The van der Waals surface area contributed by atoms with Crippen LogP contribution in [0.2, 0.25) is 0 Å². The van der Waals surface area contributed by atoms with E-state index in [4.69, 9.17) is 0 Å². The Bertz CT molecular complexity index is 557. The minimum atomic E-state index is -0.130. The highest BCUT2D eigenvalue weighted by molar-refractivity contribution is 5.78. The molecule has 1 aromatic rings. The molecular formula is C19H28FN3O. The molecule has 5 heteroatoms. The molecule has 2 fully saturated rings. The number of benzene rings is 1. The third kappa shape index (κ3) is 4.33. The molecule has 4 nitrogen and oxygen atoms in total. The van der Waals surface area contributed by atoms with E-state index in [1.165, 1.54) is 12.5 Å². The van der Waals surface area contributed by atoms with Crippen LogP contribution in [-0.4, -0.2) is 65.9 Å². The van der Waals surface area contributed by atoms with Gasteiger partial charge in [-0.2, -0.15) is 0 Å². The molecule has 1 aromatic carbocycles. The van der Waals surface area contributed by atoms with Crippen molar-refractivity contribution in [2.24, 2.45) is 0 Å². The van der Waals surface area contributed by atoms with Gasteiger partial charge in [-0.05, 0) is 32.3 Å². The van der Waals surface area contributed by atoms with Crippen molar-refractivity contribution in [1.82, 2.24) is 14.7 Å². The smallest absolute Gasteiger partial charge is 0.236 e. The highest BCUT2D eigenvalue weighted by Crippen LogP contribution is 2.17. The third-order valence-corrected chi connectivity index (χ3v) is 5.30. The minimum absolute atomic E-state index is 0.130. The normalized spacial score (nSPS) is 23.4. The second kappa shape index (κ2) is 8.08. The molecule has 132 valence electrons. The van der Waals surface area contributed by atoms with Gasteiger partial charge in [0, 0.05) is 50.9 Å². The zero-order chi connectivity index (χ0) is 16.9. The summed E-state index contributed by atoms with van der Waals surface area (Å²) in [6.45, 7) is 7.77. The average molecular weight is 333 g/mol. The number of amides is 1. The Balaban J connectivity index is 1.45. The largest absolute Gasteiger partial charge is 0.339 e. The van der Waals surface area contributed by atoms with E-state index >= 15 is 0 Å². The van der Waals surface area contributed by atoms with E-state index in [0.717, 1.165) is 51.1 Å². The Labute approximate surface area is 144 Å². The number of hydrogen-bond acceptors (Lipinski definition) is 3. The lowest BCUT2D eigenvalue weighted by molar-refractivity contribution is -0.136. The quantitative estimate of drug-likeness (QED) is 0.846. The molecular weight excluding hydrogens is 305 g/mol. The molecule has 0 aliphatic carbocycles. The van der Waals surface area contributed by atoms with Crippen LogP contribution in [0.3, 0.4) is 0 Å². The van der Waals surface area contributed by atoms with Crippen LogP contribution in [0, 0.1) is 5.82 Å². The topological polar surface area (TPSA) is 26.8 Å². The lowest BCUT2D eigenvalue weighted by atomic mass is 10.0. The minimum Gasteiger partial charge on any atom is -0.339 e. The number of hydrogen-bond donors (Lipinski definition) is 0. The van der Waals surface area contributed by atoms with Crippen molar-refractivity contribution in [2.75, 3.05) is 39.3 Å². The Morgan fingerprint density at radius 2 is 1.79 bits per heavy atom. The summed E-state index contributed by atoms with van der Waals surface area (Å²) >= 11 is 0. The first kappa shape index (κ1) is 17.4. The van der Waals surface area contributed by atoms with Crippen molar-refractivity contribution >= 4 is 5.91 Å². The van der Waals surface area contributed by atoms with Crippen LogP contribution in [-0.2, 0) is 11.3 Å². The van der Waals surface area contributed by atoms with E-state index in [1.54, 1.807) is 6.07 Å². The van der Waals surface area contributed by atoms with E-state index in [9.17, 15) is 9.18 Å². The van der Waals surface area contributed by atoms with Gasteiger partial charge in [0.2, 0.25) is 5.91 Å². The molecule has 1 amide bonds. The fraction of sp³-hybridized carbons (Fsp3) is 0.632. The molecule has 3 rings (SSSR count). The molecule has 0 N–H and O–H groups in total. The Morgan fingerprint density at radius 1 is 1.08 bits per heavy atom. The van der Waals surface area contributed by atoms with Crippen LogP contribution in [0.25, 0.3) is 0 Å². The molecule has 0 aromatic heterocycles. The van der Waals surface area contributed by atoms with Gasteiger partial charge >= 0.3 is 0 Å². The molecule has 2 heterocycles.